The molecule has 0 radical (unpaired) electrons. The van der Waals surface area contributed by atoms with Gasteiger partial charge in [-0.3, -0.25) is 9.69 Å². The molecule has 2 aromatic rings. The molecule has 1 amide bonds. The van der Waals surface area contributed by atoms with Crippen molar-refractivity contribution in [2.24, 2.45) is 5.73 Å². The van der Waals surface area contributed by atoms with Gasteiger partial charge in [0.15, 0.2) is 0 Å². The molecule has 4 nitrogen and oxygen atoms in total. The predicted molar refractivity (Wildman–Crippen MR) is 111 cm³/mol. The van der Waals surface area contributed by atoms with E-state index in [4.69, 9.17) is 5.73 Å². The third-order valence-corrected chi connectivity index (χ3v) is 4.68. The fraction of sp³-hybridized carbons (Fsp3) is 0.350. The molecule has 1 heterocycles. The number of amides is 1. The van der Waals surface area contributed by atoms with Crippen molar-refractivity contribution in [3.63, 3.8) is 0 Å². The van der Waals surface area contributed by atoms with Crippen LogP contribution < -0.4 is 11.1 Å². The zero-order valence-electron chi connectivity index (χ0n) is 14.7. The van der Waals surface area contributed by atoms with Crippen molar-refractivity contribution in [3.8, 4) is 0 Å². The Morgan fingerprint density at radius 3 is 1.96 bits per heavy atom. The maximum absolute atomic E-state index is 12.4. The summed E-state index contributed by atoms with van der Waals surface area (Å²) in [4.78, 5) is 14.9. The number of carbonyl (C=O) groups is 1. The second kappa shape index (κ2) is 11.2. The van der Waals surface area contributed by atoms with Gasteiger partial charge in [0.2, 0.25) is 5.91 Å². The molecular weight excluding hydrogens is 369 g/mol. The molecule has 0 spiro atoms. The zero-order chi connectivity index (χ0) is 16.8. The van der Waals surface area contributed by atoms with E-state index >= 15 is 0 Å². The normalized spacial score (nSPS) is 16.0. The molecule has 0 aromatic heterocycles. The minimum atomic E-state index is -0.624. The number of likely N-dealkylation sites (tertiary alicyclic amines) is 1. The summed E-state index contributed by atoms with van der Waals surface area (Å²) in [5.41, 5.74) is 8.17. The lowest BCUT2D eigenvalue weighted by molar-refractivity contribution is -0.122. The number of nitrogens with zero attached hydrogens (tertiary/aromatic N) is 1. The molecule has 0 saturated carbocycles. The van der Waals surface area contributed by atoms with Crippen LogP contribution in [0.2, 0.25) is 0 Å². The van der Waals surface area contributed by atoms with E-state index in [2.05, 4.69) is 34.5 Å². The monoisotopic (exact) mass is 395 g/mol. The fourth-order valence-corrected chi connectivity index (χ4v) is 3.31. The maximum Gasteiger partial charge on any atom is 0.241 e. The number of rotatable bonds is 6. The van der Waals surface area contributed by atoms with Gasteiger partial charge in [0.05, 0.1) is 6.04 Å². The first-order valence-electron chi connectivity index (χ1n) is 8.63. The molecule has 6 heteroatoms. The highest BCUT2D eigenvalue weighted by molar-refractivity contribution is 5.85. The van der Waals surface area contributed by atoms with Gasteiger partial charge in [-0.2, -0.15) is 0 Å². The van der Waals surface area contributed by atoms with Crippen LogP contribution in [-0.2, 0) is 4.79 Å². The van der Waals surface area contributed by atoms with Crippen LogP contribution in [0, 0.1) is 0 Å². The standard InChI is InChI=1S/C20H25N3O.2ClH/c21-19(17-11-5-2-6-12-17)20(24)22-15-18(23-13-7-8-14-23)16-9-3-1-4-10-16;;/h1-6,9-12,18-19H,7-8,13-15,21H2,(H,22,24);2*1H. The van der Waals surface area contributed by atoms with E-state index in [0.717, 1.165) is 18.7 Å². The highest BCUT2D eigenvalue weighted by atomic mass is 35.5. The van der Waals surface area contributed by atoms with E-state index in [1.165, 1.54) is 18.4 Å². The van der Waals surface area contributed by atoms with Crippen molar-refractivity contribution in [2.75, 3.05) is 19.6 Å². The van der Waals surface area contributed by atoms with Gasteiger partial charge in [-0.05, 0) is 37.1 Å². The van der Waals surface area contributed by atoms with Crippen LogP contribution in [0.1, 0.15) is 36.1 Å². The summed E-state index contributed by atoms with van der Waals surface area (Å²) in [6.45, 7) is 2.75. The van der Waals surface area contributed by atoms with Gasteiger partial charge >= 0.3 is 0 Å². The van der Waals surface area contributed by atoms with Gasteiger partial charge in [-0.1, -0.05) is 60.7 Å². The summed E-state index contributed by atoms with van der Waals surface area (Å²) in [5, 5.41) is 3.05. The summed E-state index contributed by atoms with van der Waals surface area (Å²) >= 11 is 0. The van der Waals surface area contributed by atoms with Crippen molar-refractivity contribution in [3.05, 3.63) is 71.8 Å². The number of nitrogens with one attached hydrogen (secondary N) is 1. The molecule has 2 aromatic carbocycles. The van der Waals surface area contributed by atoms with Crippen molar-refractivity contribution < 1.29 is 4.79 Å². The minimum absolute atomic E-state index is 0. The van der Waals surface area contributed by atoms with E-state index in [1.807, 2.05) is 36.4 Å². The average molecular weight is 396 g/mol. The van der Waals surface area contributed by atoms with Gasteiger partial charge in [0.1, 0.15) is 6.04 Å². The Labute approximate surface area is 168 Å². The number of nitrogens with two attached hydrogens (primary N) is 1. The largest absolute Gasteiger partial charge is 0.353 e. The smallest absolute Gasteiger partial charge is 0.241 e. The molecule has 2 unspecified atom stereocenters. The average Bonchev–Trinajstić information content (AvgIpc) is 3.17. The molecule has 0 bridgehead atoms. The third kappa shape index (κ3) is 5.71. The van der Waals surface area contributed by atoms with Crippen LogP contribution in [0.5, 0.6) is 0 Å². The first-order valence-corrected chi connectivity index (χ1v) is 8.63. The first kappa shape index (κ1) is 22.5. The van der Waals surface area contributed by atoms with Crippen molar-refractivity contribution in [2.45, 2.75) is 24.9 Å². The number of hydrogen-bond acceptors (Lipinski definition) is 3. The van der Waals surface area contributed by atoms with Crippen LogP contribution in [-0.4, -0.2) is 30.4 Å². The van der Waals surface area contributed by atoms with Gasteiger partial charge in [0, 0.05) is 6.54 Å². The molecule has 26 heavy (non-hydrogen) atoms. The highest BCUT2D eigenvalue weighted by Gasteiger charge is 2.25. The summed E-state index contributed by atoms with van der Waals surface area (Å²) in [5.74, 6) is -0.124. The summed E-state index contributed by atoms with van der Waals surface area (Å²) in [6, 6.07) is 19.5. The highest BCUT2D eigenvalue weighted by Crippen LogP contribution is 2.24. The molecule has 142 valence electrons. The molecule has 3 N–H and O–H groups in total. The fourth-order valence-electron chi connectivity index (χ4n) is 3.31. The number of carbonyl (C=O) groups excluding carboxylic acids is 1. The van der Waals surface area contributed by atoms with Crippen molar-refractivity contribution >= 4 is 30.7 Å². The maximum atomic E-state index is 12.4. The Hall–Kier alpha value is -1.59. The van der Waals surface area contributed by atoms with E-state index < -0.39 is 6.04 Å². The van der Waals surface area contributed by atoms with Gasteiger partial charge in [0.25, 0.3) is 0 Å². The lowest BCUT2D eigenvalue weighted by Crippen LogP contribution is -2.40. The summed E-state index contributed by atoms with van der Waals surface area (Å²) in [6.07, 6.45) is 2.45. The molecule has 3 rings (SSSR count). The second-order valence-electron chi connectivity index (χ2n) is 6.30. The van der Waals surface area contributed by atoms with Crippen LogP contribution in [0.25, 0.3) is 0 Å². The minimum Gasteiger partial charge on any atom is -0.353 e. The quantitative estimate of drug-likeness (QED) is 0.786. The van der Waals surface area contributed by atoms with Crippen LogP contribution >= 0.6 is 24.8 Å². The van der Waals surface area contributed by atoms with E-state index in [0.29, 0.717) is 6.54 Å². The van der Waals surface area contributed by atoms with Gasteiger partial charge < -0.3 is 11.1 Å². The second-order valence-corrected chi connectivity index (χ2v) is 6.30. The molecule has 1 aliphatic heterocycles. The molecule has 1 fully saturated rings. The molecule has 2 atom stereocenters. The number of halogens is 2. The lowest BCUT2D eigenvalue weighted by Gasteiger charge is -2.28. The van der Waals surface area contributed by atoms with E-state index in [-0.39, 0.29) is 36.8 Å². The zero-order valence-corrected chi connectivity index (χ0v) is 16.3. The van der Waals surface area contributed by atoms with Crippen LogP contribution in [0.3, 0.4) is 0 Å². The summed E-state index contributed by atoms with van der Waals surface area (Å²) < 4.78 is 0. The third-order valence-electron chi connectivity index (χ3n) is 4.68. The number of hydrogen-bond donors (Lipinski definition) is 2. The van der Waals surface area contributed by atoms with E-state index in [1.54, 1.807) is 0 Å². The first-order chi connectivity index (χ1) is 11.8. The Bertz CT molecular complexity index is 649. The molecule has 1 aliphatic rings. The topological polar surface area (TPSA) is 58.4 Å². The predicted octanol–water partition coefficient (Wildman–Crippen LogP) is 3.48. The van der Waals surface area contributed by atoms with Gasteiger partial charge in [-0.15, -0.1) is 24.8 Å². The van der Waals surface area contributed by atoms with Crippen LogP contribution in [0.15, 0.2) is 60.7 Å². The summed E-state index contributed by atoms with van der Waals surface area (Å²) in [7, 11) is 0. The molecular formula is C20H27Cl2N3O. The Kier molecular flexibility index (Phi) is 9.66. The van der Waals surface area contributed by atoms with Gasteiger partial charge in [-0.25, -0.2) is 0 Å². The van der Waals surface area contributed by atoms with Crippen molar-refractivity contribution in [1.29, 1.82) is 0 Å². The molecule has 0 aliphatic carbocycles. The van der Waals surface area contributed by atoms with Crippen molar-refractivity contribution in [1.82, 2.24) is 10.2 Å². The Balaban J connectivity index is 0.00000169. The number of benzene rings is 2. The molecule has 1 saturated heterocycles. The SMILES string of the molecule is Cl.Cl.NC(C(=O)NCC(c1ccccc1)N1CCCC1)c1ccccc1. The van der Waals surface area contributed by atoms with E-state index in [9.17, 15) is 4.79 Å². The lowest BCUT2D eigenvalue weighted by atomic mass is 10.0. The Morgan fingerprint density at radius 2 is 1.42 bits per heavy atom. The van der Waals surface area contributed by atoms with Crippen LogP contribution in [0.4, 0.5) is 0 Å². The Morgan fingerprint density at radius 1 is 0.923 bits per heavy atom.